The lowest BCUT2D eigenvalue weighted by Gasteiger charge is -2.02. The summed E-state index contributed by atoms with van der Waals surface area (Å²) in [6.45, 7) is 1.47. The van der Waals surface area contributed by atoms with Crippen LogP contribution in [0.25, 0.3) is 0 Å². The first kappa shape index (κ1) is 8.64. The molecule has 0 saturated heterocycles. The second-order valence-corrected chi connectivity index (χ2v) is 3.57. The van der Waals surface area contributed by atoms with Gasteiger partial charge in [0.1, 0.15) is 0 Å². The fourth-order valence-electron chi connectivity index (χ4n) is 0.398. The molecule has 0 fully saturated rings. The number of hydrogen-bond acceptors (Lipinski definition) is 2. The number of rotatable bonds is 2. The molecule has 0 heterocycles. The van der Waals surface area contributed by atoms with Gasteiger partial charge in [-0.15, -0.1) is 0 Å². The van der Waals surface area contributed by atoms with Gasteiger partial charge in [0, 0.05) is 0 Å². The van der Waals surface area contributed by atoms with Crippen LogP contribution < -0.4 is 0 Å². The molecule has 0 bridgehead atoms. The summed E-state index contributed by atoms with van der Waals surface area (Å²) < 4.78 is 10.1. The standard InChI is InChI=1S/C4H8NO3P/c1-4(2-5)3-9(6,7)8/h4H,3H2,1H3,(H2,6,7,8). The van der Waals surface area contributed by atoms with Crippen molar-refractivity contribution < 1.29 is 14.4 Å². The van der Waals surface area contributed by atoms with Gasteiger partial charge in [-0.25, -0.2) is 0 Å². The topological polar surface area (TPSA) is 81.3 Å². The Morgan fingerprint density at radius 3 is 2.33 bits per heavy atom. The highest BCUT2D eigenvalue weighted by Gasteiger charge is 2.16. The third-order valence-corrected chi connectivity index (χ3v) is 1.76. The molecule has 0 aromatic carbocycles. The molecule has 0 aliphatic heterocycles. The number of hydrogen-bond donors (Lipinski definition) is 2. The first-order valence-electron chi connectivity index (χ1n) is 2.40. The predicted octanol–water partition coefficient (Wildman–Crippen LogP) is 0.324. The average Bonchev–Trinajstić information content (AvgIpc) is 1.62. The van der Waals surface area contributed by atoms with Crippen molar-refractivity contribution in [2.75, 3.05) is 6.16 Å². The van der Waals surface area contributed by atoms with Crippen molar-refractivity contribution >= 4 is 7.60 Å². The van der Waals surface area contributed by atoms with Crippen LogP contribution in [0.3, 0.4) is 0 Å². The first-order valence-corrected chi connectivity index (χ1v) is 4.19. The third-order valence-electron chi connectivity index (χ3n) is 0.732. The highest BCUT2D eigenvalue weighted by Crippen LogP contribution is 2.36. The normalized spacial score (nSPS) is 14.4. The Balaban J connectivity index is 3.78. The molecular weight excluding hydrogens is 141 g/mol. The second-order valence-electron chi connectivity index (χ2n) is 1.88. The monoisotopic (exact) mass is 149 g/mol. The van der Waals surface area contributed by atoms with Crippen LogP contribution >= 0.6 is 7.60 Å². The summed E-state index contributed by atoms with van der Waals surface area (Å²) in [7, 11) is -3.96. The van der Waals surface area contributed by atoms with Gasteiger partial charge < -0.3 is 9.79 Å². The van der Waals surface area contributed by atoms with Crippen LogP contribution in [-0.2, 0) is 4.57 Å². The smallest absolute Gasteiger partial charge is 0.324 e. The summed E-state index contributed by atoms with van der Waals surface area (Å²) in [5.41, 5.74) is 0. The first-order chi connectivity index (χ1) is 3.95. The van der Waals surface area contributed by atoms with Crippen LogP contribution in [0.2, 0.25) is 0 Å². The van der Waals surface area contributed by atoms with E-state index in [4.69, 9.17) is 15.0 Å². The van der Waals surface area contributed by atoms with Crippen LogP contribution in [0.15, 0.2) is 0 Å². The van der Waals surface area contributed by atoms with Crippen LogP contribution in [0, 0.1) is 17.2 Å². The predicted molar refractivity (Wildman–Crippen MR) is 31.7 cm³/mol. The van der Waals surface area contributed by atoms with Gasteiger partial charge in [-0.1, -0.05) is 0 Å². The Labute approximate surface area is 53.3 Å². The highest BCUT2D eigenvalue weighted by atomic mass is 31.2. The van der Waals surface area contributed by atoms with Crippen LogP contribution in [0.5, 0.6) is 0 Å². The Hall–Kier alpha value is -0.360. The van der Waals surface area contributed by atoms with E-state index in [-0.39, 0.29) is 6.16 Å². The molecule has 0 rings (SSSR count). The average molecular weight is 149 g/mol. The molecule has 52 valence electrons. The molecule has 0 amide bonds. The maximum atomic E-state index is 10.1. The Morgan fingerprint density at radius 1 is 1.78 bits per heavy atom. The molecule has 0 aliphatic carbocycles. The zero-order chi connectivity index (χ0) is 7.49. The van der Waals surface area contributed by atoms with E-state index >= 15 is 0 Å². The van der Waals surface area contributed by atoms with Gasteiger partial charge in [0.05, 0.1) is 18.1 Å². The summed E-state index contributed by atoms with van der Waals surface area (Å²) in [6, 6.07) is 1.73. The van der Waals surface area contributed by atoms with E-state index in [9.17, 15) is 4.57 Å². The van der Waals surface area contributed by atoms with Crippen molar-refractivity contribution in [3.8, 4) is 6.07 Å². The lowest BCUT2D eigenvalue weighted by Crippen LogP contribution is -1.97. The molecular formula is C4H8NO3P. The number of nitriles is 1. The Bertz CT molecular complexity index is 167. The summed E-state index contributed by atoms with van der Waals surface area (Å²) in [5, 5.41) is 8.10. The summed E-state index contributed by atoms with van der Waals surface area (Å²) in [6.07, 6.45) is -0.344. The molecule has 5 heteroatoms. The minimum absolute atomic E-state index is 0.344. The zero-order valence-electron chi connectivity index (χ0n) is 4.98. The van der Waals surface area contributed by atoms with Crippen molar-refractivity contribution in [3.63, 3.8) is 0 Å². The van der Waals surface area contributed by atoms with Gasteiger partial charge in [0.25, 0.3) is 0 Å². The van der Waals surface area contributed by atoms with Gasteiger partial charge >= 0.3 is 7.60 Å². The molecule has 1 unspecified atom stereocenters. The second kappa shape index (κ2) is 2.98. The summed E-state index contributed by atoms with van der Waals surface area (Å²) >= 11 is 0. The Kier molecular flexibility index (Phi) is 2.86. The summed E-state index contributed by atoms with van der Waals surface area (Å²) in [4.78, 5) is 16.6. The van der Waals surface area contributed by atoms with Crippen LogP contribution in [0.1, 0.15) is 6.92 Å². The van der Waals surface area contributed by atoms with Gasteiger partial charge in [-0.2, -0.15) is 5.26 Å². The Morgan fingerprint density at radius 2 is 2.22 bits per heavy atom. The molecule has 0 spiro atoms. The minimum Gasteiger partial charge on any atom is -0.324 e. The maximum absolute atomic E-state index is 10.1. The van der Waals surface area contributed by atoms with Crippen molar-refractivity contribution in [2.45, 2.75) is 6.92 Å². The molecule has 4 nitrogen and oxygen atoms in total. The highest BCUT2D eigenvalue weighted by molar-refractivity contribution is 7.51. The molecule has 9 heavy (non-hydrogen) atoms. The fourth-order valence-corrected chi connectivity index (χ4v) is 1.19. The van der Waals surface area contributed by atoms with E-state index < -0.39 is 13.5 Å². The van der Waals surface area contributed by atoms with E-state index in [0.29, 0.717) is 0 Å². The summed E-state index contributed by atoms with van der Waals surface area (Å²) in [5.74, 6) is -0.564. The van der Waals surface area contributed by atoms with Gasteiger partial charge in [-0.3, -0.25) is 4.57 Å². The molecule has 0 radical (unpaired) electrons. The molecule has 2 N–H and O–H groups in total. The van der Waals surface area contributed by atoms with E-state index in [0.717, 1.165) is 0 Å². The third kappa shape index (κ3) is 5.51. The zero-order valence-corrected chi connectivity index (χ0v) is 5.88. The molecule has 0 saturated carbocycles. The van der Waals surface area contributed by atoms with Crippen LogP contribution in [0.4, 0.5) is 0 Å². The largest absolute Gasteiger partial charge is 0.326 e. The molecule has 0 aromatic heterocycles. The quantitative estimate of drug-likeness (QED) is 0.554. The van der Waals surface area contributed by atoms with E-state index in [1.54, 1.807) is 6.07 Å². The van der Waals surface area contributed by atoms with E-state index in [2.05, 4.69) is 0 Å². The van der Waals surface area contributed by atoms with Gasteiger partial charge in [0.2, 0.25) is 0 Å². The van der Waals surface area contributed by atoms with Crippen LogP contribution in [-0.4, -0.2) is 15.9 Å². The SMILES string of the molecule is CC(C#N)CP(=O)(O)O. The van der Waals surface area contributed by atoms with Crippen molar-refractivity contribution in [2.24, 2.45) is 5.92 Å². The fraction of sp³-hybridized carbons (Fsp3) is 0.750. The van der Waals surface area contributed by atoms with Crippen molar-refractivity contribution in [1.82, 2.24) is 0 Å². The van der Waals surface area contributed by atoms with E-state index in [1.165, 1.54) is 6.92 Å². The molecule has 1 atom stereocenters. The lowest BCUT2D eigenvalue weighted by molar-refractivity contribution is 0.369. The van der Waals surface area contributed by atoms with Crippen molar-refractivity contribution in [1.29, 1.82) is 5.26 Å². The lowest BCUT2D eigenvalue weighted by atomic mass is 10.3. The van der Waals surface area contributed by atoms with Gasteiger partial charge in [-0.05, 0) is 6.92 Å². The van der Waals surface area contributed by atoms with Crippen molar-refractivity contribution in [3.05, 3.63) is 0 Å². The molecule has 0 aliphatic rings. The van der Waals surface area contributed by atoms with E-state index in [1.807, 2.05) is 0 Å². The minimum atomic E-state index is -3.96. The number of nitrogens with zero attached hydrogens (tertiary/aromatic N) is 1. The molecule has 0 aromatic rings. The van der Waals surface area contributed by atoms with Gasteiger partial charge in [0.15, 0.2) is 0 Å². The maximum Gasteiger partial charge on any atom is 0.326 e.